The van der Waals surface area contributed by atoms with E-state index in [-0.39, 0.29) is 11.3 Å². The normalized spacial score (nSPS) is 17.0. The van der Waals surface area contributed by atoms with Crippen LogP contribution in [-0.2, 0) is 10.2 Å². The van der Waals surface area contributed by atoms with E-state index in [1.54, 1.807) is 14.2 Å². The minimum absolute atomic E-state index is 0.00622. The van der Waals surface area contributed by atoms with Crippen molar-refractivity contribution in [2.75, 3.05) is 20.8 Å². The standard InChI is InChI=1S/C18H28N2O3/c1-17(2,16(19)21)20-12-18(9-5-6-10-18)13-7-8-14(22-3)15(11-13)23-4/h7-8,11,20H,5-6,9-10,12H2,1-4H3,(H2,19,21). The molecule has 3 N–H and O–H groups in total. The number of nitrogens with two attached hydrogens (primary N) is 1. The summed E-state index contributed by atoms with van der Waals surface area (Å²) < 4.78 is 10.8. The quantitative estimate of drug-likeness (QED) is 0.809. The first-order chi connectivity index (χ1) is 10.8. The van der Waals surface area contributed by atoms with Gasteiger partial charge in [0.2, 0.25) is 5.91 Å². The molecule has 0 saturated heterocycles. The lowest BCUT2D eigenvalue weighted by atomic mass is 9.78. The van der Waals surface area contributed by atoms with Gasteiger partial charge in [-0.25, -0.2) is 0 Å². The van der Waals surface area contributed by atoms with Crippen molar-refractivity contribution >= 4 is 5.91 Å². The zero-order valence-electron chi connectivity index (χ0n) is 14.6. The van der Waals surface area contributed by atoms with Gasteiger partial charge in [-0.1, -0.05) is 18.9 Å². The van der Waals surface area contributed by atoms with Crippen LogP contribution in [0.15, 0.2) is 18.2 Å². The summed E-state index contributed by atoms with van der Waals surface area (Å²) in [5, 5.41) is 3.36. The Kier molecular flexibility index (Phi) is 5.19. The van der Waals surface area contributed by atoms with Crippen LogP contribution in [0.5, 0.6) is 11.5 Å². The number of rotatable bonds is 7. The molecule has 0 aliphatic heterocycles. The molecule has 0 atom stereocenters. The van der Waals surface area contributed by atoms with Crippen LogP contribution in [-0.4, -0.2) is 32.2 Å². The summed E-state index contributed by atoms with van der Waals surface area (Å²) in [7, 11) is 3.29. The number of hydrogen-bond donors (Lipinski definition) is 2. The van der Waals surface area contributed by atoms with Gasteiger partial charge < -0.3 is 20.5 Å². The first kappa shape index (κ1) is 17.6. The van der Waals surface area contributed by atoms with E-state index in [1.165, 1.54) is 18.4 Å². The molecule has 1 aliphatic carbocycles. The van der Waals surface area contributed by atoms with E-state index in [1.807, 2.05) is 19.9 Å². The Hall–Kier alpha value is -1.75. The van der Waals surface area contributed by atoms with Gasteiger partial charge in [0.25, 0.3) is 0 Å². The number of amides is 1. The predicted molar refractivity (Wildman–Crippen MR) is 91.0 cm³/mol. The smallest absolute Gasteiger partial charge is 0.237 e. The highest BCUT2D eigenvalue weighted by molar-refractivity contribution is 5.83. The fourth-order valence-corrected chi connectivity index (χ4v) is 3.26. The average molecular weight is 320 g/mol. The van der Waals surface area contributed by atoms with Crippen LogP contribution in [0.2, 0.25) is 0 Å². The van der Waals surface area contributed by atoms with Crippen LogP contribution in [0.1, 0.15) is 45.1 Å². The Morgan fingerprint density at radius 3 is 2.35 bits per heavy atom. The second-order valence-electron chi connectivity index (χ2n) is 6.90. The molecule has 1 aromatic carbocycles. The zero-order chi connectivity index (χ0) is 17.1. The Morgan fingerprint density at radius 2 is 1.83 bits per heavy atom. The molecule has 5 heteroatoms. The summed E-state index contributed by atoms with van der Waals surface area (Å²) in [6, 6.07) is 6.11. The second-order valence-corrected chi connectivity index (χ2v) is 6.90. The van der Waals surface area contributed by atoms with E-state index in [0.717, 1.165) is 30.9 Å². The summed E-state index contributed by atoms with van der Waals surface area (Å²) in [6.45, 7) is 4.37. The van der Waals surface area contributed by atoms with Crippen LogP contribution < -0.4 is 20.5 Å². The third-order valence-electron chi connectivity index (χ3n) is 5.04. The first-order valence-electron chi connectivity index (χ1n) is 8.12. The van der Waals surface area contributed by atoms with Crippen molar-refractivity contribution in [1.29, 1.82) is 0 Å². The maximum Gasteiger partial charge on any atom is 0.237 e. The lowest BCUT2D eigenvalue weighted by Gasteiger charge is -2.34. The summed E-state index contributed by atoms with van der Waals surface area (Å²) in [5.41, 5.74) is 6.00. The van der Waals surface area contributed by atoms with Gasteiger partial charge in [-0.05, 0) is 44.4 Å². The predicted octanol–water partition coefficient (Wildman–Crippen LogP) is 2.37. The molecule has 0 aromatic heterocycles. The third-order valence-corrected chi connectivity index (χ3v) is 5.04. The molecule has 0 bridgehead atoms. The Bertz CT molecular complexity index is 563. The van der Waals surface area contributed by atoms with Gasteiger partial charge in [-0.3, -0.25) is 4.79 Å². The molecule has 23 heavy (non-hydrogen) atoms. The molecule has 1 aromatic rings. The molecule has 0 radical (unpaired) electrons. The minimum atomic E-state index is -0.716. The van der Waals surface area contributed by atoms with Crippen molar-refractivity contribution in [3.63, 3.8) is 0 Å². The molecule has 0 spiro atoms. The van der Waals surface area contributed by atoms with Crippen molar-refractivity contribution in [2.45, 2.75) is 50.5 Å². The van der Waals surface area contributed by atoms with Gasteiger partial charge in [0.05, 0.1) is 19.8 Å². The van der Waals surface area contributed by atoms with E-state index >= 15 is 0 Å². The van der Waals surface area contributed by atoms with Crippen LogP contribution in [0.3, 0.4) is 0 Å². The molecule has 1 amide bonds. The number of ether oxygens (including phenoxy) is 2. The summed E-state index contributed by atoms with van der Waals surface area (Å²) >= 11 is 0. The highest BCUT2D eigenvalue weighted by Crippen LogP contribution is 2.43. The summed E-state index contributed by atoms with van der Waals surface area (Å²) in [5.74, 6) is 1.14. The molecule has 1 aliphatic rings. The van der Waals surface area contributed by atoms with Crippen LogP contribution in [0, 0.1) is 0 Å². The SMILES string of the molecule is COc1ccc(C2(CNC(C)(C)C(N)=O)CCCC2)cc1OC. The van der Waals surface area contributed by atoms with E-state index < -0.39 is 5.54 Å². The largest absolute Gasteiger partial charge is 0.493 e. The maximum absolute atomic E-state index is 11.6. The van der Waals surface area contributed by atoms with Gasteiger partial charge in [-0.15, -0.1) is 0 Å². The lowest BCUT2D eigenvalue weighted by molar-refractivity contribution is -0.123. The lowest BCUT2D eigenvalue weighted by Crippen LogP contribution is -2.54. The summed E-state index contributed by atoms with van der Waals surface area (Å²) in [4.78, 5) is 11.6. The van der Waals surface area contributed by atoms with Gasteiger partial charge in [-0.2, -0.15) is 0 Å². The molecular weight excluding hydrogens is 292 g/mol. The van der Waals surface area contributed by atoms with Crippen molar-refractivity contribution in [3.8, 4) is 11.5 Å². The minimum Gasteiger partial charge on any atom is -0.493 e. The van der Waals surface area contributed by atoms with Crippen molar-refractivity contribution < 1.29 is 14.3 Å². The maximum atomic E-state index is 11.6. The fourth-order valence-electron chi connectivity index (χ4n) is 3.26. The van der Waals surface area contributed by atoms with Gasteiger partial charge in [0.1, 0.15) is 0 Å². The molecule has 1 fully saturated rings. The van der Waals surface area contributed by atoms with Gasteiger partial charge >= 0.3 is 0 Å². The van der Waals surface area contributed by atoms with E-state index in [0.29, 0.717) is 0 Å². The van der Waals surface area contributed by atoms with Crippen molar-refractivity contribution in [2.24, 2.45) is 5.73 Å². The number of methoxy groups -OCH3 is 2. The highest BCUT2D eigenvalue weighted by atomic mass is 16.5. The van der Waals surface area contributed by atoms with Crippen molar-refractivity contribution in [3.05, 3.63) is 23.8 Å². The summed E-state index contributed by atoms with van der Waals surface area (Å²) in [6.07, 6.45) is 4.55. The number of carbonyl (C=O) groups is 1. The monoisotopic (exact) mass is 320 g/mol. The fraction of sp³-hybridized carbons (Fsp3) is 0.611. The first-order valence-corrected chi connectivity index (χ1v) is 8.12. The van der Waals surface area contributed by atoms with Crippen LogP contribution in [0.4, 0.5) is 0 Å². The average Bonchev–Trinajstić information content (AvgIpc) is 3.02. The van der Waals surface area contributed by atoms with E-state index in [4.69, 9.17) is 15.2 Å². The van der Waals surface area contributed by atoms with Gasteiger partial charge in [0, 0.05) is 12.0 Å². The number of nitrogens with one attached hydrogen (secondary N) is 1. The molecule has 5 nitrogen and oxygen atoms in total. The van der Waals surface area contributed by atoms with Crippen LogP contribution >= 0.6 is 0 Å². The highest BCUT2D eigenvalue weighted by Gasteiger charge is 2.38. The second kappa shape index (κ2) is 6.79. The number of carbonyl (C=O) groups excluding carboxylic acids is 1. The number of hydrogen-bond acceptors (Lipinski definition) is 4. The van der Waals surface area contributed by atoms with E-state index in [2.05, 4.69) is 17.4 Å². The topological polar surface area (TPSA) is 73.6 Å². The molecule has 0 unspecified atom stereocenters. The zero-order valence-corrected chi connectivity index (χ0v) is 14.6. The van der Waals surface area contributed by atoms with E-state index in [9.17, 15) is 4.79 Å². The third kappa shape index (κ3) is 3.61. The molecule has 0 heterocycles. The van der Waals surface area contributed by atoms with Gasteiger partial charge in [0.15, 0.2) is 11.5 Å². The number of benzene rings is 1. The molecule has 128 valence electrons. The Labute approximate surface area is 138 Å². The Morgan fingerprint density at radius 1 is 1.22 bits per heavy atom. The molecular formula is C18H28N2O3. The number of primary amides is 1. The van der Waals surface area contributed by atoms with Crippen LogP contribution in [0.25, 0.3) is 0 Å². The molecule has 2 rings (SSSR count). The van der Waals surface area contributed by atoms with Crippen molar-refractivity contribution in [1.82, 2.24) is 5.32 Å². The molecule has 1 saturated carbocycles. The Balaban J connectivity index is 2.29.